The molecular formula is C15H14O2. The number of ether oxygens (including phenoxy) is 1. The number of benzene rings is 2. The van der Waals surface area contributed by atoms with Crippen LogP contribution in [0.2, 0.25) is 0 Å². The van der Waals surface area contributed by atoms with E-state index in [1.165, 1.54) is 0 Å². The summed E-state index contributed by atoms with van der Waals surface area (Å²) in [5.41, 5.74) is 1.01. The molecule has 0 bridgehead atoms. The Morgan fingerprint density at radius 1 is 1.12 bits per heavy atom. The number of aromatic hydroxyl groups is 1. The molecule has 0 unspecified atom stereocenters. The molecule has 2 aromatic rings. The van der Waals surface area contributed by atoms with E-state index in [0.717, 1.165) is 12.0 Å². The number of rotatable bonds is 4. The highest BCUT2D eigenvalue weighted by Crippen LogP contribution is 2.31. The molecule has 2 heteroatoms. The molecule has 0 aromatic heterocycles. The Morgan fingerprint density at radius 2 is 1.88 bits per heavy atom. The van der Waals surface area contributed by atoms with E-state index in [4.69, 9.17) is 4.74 Å². The lowest BCUT2D eigenvalue weighted by Gasteiger charge is -2.08. The molecule has 0 saturated heterocycles. The van der Waals surface area contributed by atoms with E-state index >= 15 is 0 Å². The van der Waals surface area contributed by atoms with Crippen LogP contribution in [0.4, 0.5) is 0 Å². The zero-order valence-corrected chi connectivity index (χ0v) is 9.47. The van der Waals surface area contributed by atoms with Crippen molar-refractivity contribution >= 4 is 0 Å². The van der Waals surface area contributed by atoms with Gasteiger partial charge in [-0.1, -0.05) is 30.3 Å². The van der Waals surface area contributed by atoms with Gasteiger partial charge < -0.3 is 9.84 Å². The third-order valence-corrected chi connectivity index (χ3v) is 2.37. The van der Waals surface area contributed by atoms with Crippen molar-refractivity contribution < 1.29 is 9.84 Å². The van der Waals surface area contributed by atoms with Crippen molar-refractivity contribution in [2.24, 2.45) is 0 Å². The molecule has 0 saturated carbocycles. The van der Waals surface area contributed by atoms with Crippen LogP contribution >= 0.6 is 0 Å². The molecule has 0 spiro atoms. The molecule has 0 radical (unpaired) electrons. The summed E-state index contributed by atoms with van der Waals surface area (Å²) in [5, 5.41) is 9.82. The first kappa shape index (κ1) is 11.3. The van der Waals surface area contributed by atoms with E-state index in [9.17, 15) is 5.11 Å². The Balaban J connectivity index is 2.19. The predicted molar refractivity (Wildman–Crippen MR) is 68.5 cm³/mol. The highest BCUT2D eigenvalue weighted by atomic mass is 16.5. The first-order valence-corrected chi connectivity index (χ1v) is 5.45. The Labute approximate surface area is 101 Å². The Kier molecular flexibility index (Phi) is 3.46. The van der Waals surface area contributed by atoms with Crippen LogP contribution in [0.25, 0.3) is 0 Å². The van der Waals surface area contributed by atoms with Gasteiger partial charge in [0.1, 0.15) is 5.75 Å². The number of hydrogen-bond donors (Lipinski definition) is 1. The van der Waals surface area contributed by atoms with Crippen molar-refractivity contribution in [1.82, 2.24) is 0 Å². The number of hydrogen-bond acceptors (Lipinski definition) is 2. The largest absolute Gasteiger partial charge is 0.504 e. The highest BCUT2D eigenvalue weighted by molar-refractivity contribution is 5.44. The van der Waals surface area contributed by atoms with Crippen LogP contribution in [0.3, 0.4) is 0 Å². The lowest BCUT2D eigenvalue weighted by molar-refractivity contribution is 0.411. The lowest BCUT2D eigenvalue weighted by atomic mass is 10.1. The van der Waals surface area contributed by atoms with Gasteiger partial charge in [0.2, 0.25) is 0 Å². The van der Waals surface area contributed by atoms with Gasteiger partial charge in [-0.3, -0.25) is 0 Å². The third-order valence-electron chi connectivity index (χ3n) is 2.37. The summed E-state index contributed by atoms with van der Waals surface area (Å²) >= 11 is 0. The average molecular weight is 226 g/mol. The molecule has 0 atom stereocenters. The zero-order valence-electron chi connectivity index (χ0n) is 9.47. The second-order valence-electron chi connectivity index (χ2n) is 3.71. The van der Waals surface area contributed by atoms with Gasteiger partial charge in [-0.15, -0.1) is 6.58 Å². The number of phenols is 1. The first-order valence-electron chi connectivity index (χ1n) is 5.45. The van der Waals surface area contributed by atoms with Crippen LogP contribution in [0.5, 0.6) is 17.2 Å². The minimum Gasteiger partial charge on any atom is -0.504 e. The van der Waals surface area contributed by atoms with Gasteiger partial charge >= 0.3 is 0 Å². The van der Waals surface area contributed by atoms with Gasteiger partial charge in [0, 0.05) is 0 Å². The van der Waals surface area contributed by atoms with Crippen molar-refractivity contribution in [1.29, 1.82) is 0 Å². The van der Waals surface area contributed by atoms with Crippen LogP contribution in [0.1, 0.15) is 5.56 Å². The maximum Gasteiger partial charge on any atom is 0.169 e. The second kappa shape index (κ2) is 5.21. The van der Waals surface area contributed by atoms with Gasteiger partial charge in [-0.2, -0.15) is 0 Å². The van der Waals surface area contributed by atoms with Crippen molar-refractivity contribution in [3.63, 3.8) is 0 Å². The second-order valence-corrected chi connectivity index (χ2v) is 3.71. The predicted octanol–water partition coefficient (Wildman–Crippen LogP) is 3.91. The molecule has 0 fully saturated rings. The fourth-order valence-corrected chi connectivity index (χ4v) is 1.56. The van der Waals surface area contributed by atoms with Crippen LogP contribution in [0.15, 0.2) is 61.2 Å². The molecule has 2 rings (SSSR count). The summed E-state index contributed by atoms with van der Waals surface area (Å²) < 4.78 is 5.57. The van der Waals surface area contributed by atoms with Crippen molar-refractivity contribution in [3.05, 3.63) is 66.7 Å². The molecule has 2 nitrogen and oxygen atoms in total. The van der Waals surface area contributed by atoms with Crippen LogP contribution < -0.4 is 4.74 Å². The molecule has 0 aliphatic rings. The minimum absolute atomic E-state index is 0.146. The first-order chi connectivity index (χ1) is 8.29. The molecule has 0 heterocycles. The molecule has 17 heavy (non-hydrogen) atoms. The van der Waals surface area contributed by atoms with Gasteiger partial charge in [0.05, 0.1) is 0 Å². The summed E-state index contributed by atoms with van der Waals surface area (Å²) in [4.78, 5) is 0. The Hall–Kier alpha value is -2.22. The minimum atomic E-state index is 0.146. The van der Waals surface area contributed by atoms with Gasteiger partial charge in [0.25, 0.3) is 0 Å². The smallest absolute Gasteiger partial charge is 0.169 e. The van der Waals surface area contributed by atoms with Gasteiger partial charge in [-0.25, -0.2) is 0 Å². The van der Waals surface area contributed by atoms with Gasteiger partial charge in [0.15, 0.2) is 11.5 Å². The van der Waals surface area contributed by atoms with E-state index in [-0.39, 0.29) is 5.75 Å². The summed E-state index contributed by atoms with van der Waals surface area (Å²) in [6.07, 6.45) is 2.53. The fourth-order valence-electron chi connectivity index (χ4n) is 1.56. The number of phenolic OH excluding ortho intramolecular Hbond substituents is 1. The summed E-state index contributed by atoms with van der Waals surface area (Å²) in [6.45, 7) is 3.66. The molecule has 0 aliphatic carbocycles. The monoisotopic (exact) mass is 226 g/mol. The SMILES string of the molecule is C=CCc1ccc(Oc2ccccc2)c(O)c1. The number of allylic oxidation sites excluding steroid dienone is 1. The van der Waals surface area contributed by atoms with Gasteiger partial charge in [-0.05, 0) is 36.2 Å². The van der Waals surface area contributed by atoms with Crippen molar-refractivity contribution in [2.75, 3.05) is 0 Å². The summed E-state index contributed by atoms with van der Waals surface area (Å²) in [7, 11) is 0. The van der Waals surface area contributed by atoms with Crippen LogP contribution in [0, 0.1) is 0 Å². The van der Waals surface area contributed by atoms with Crippen molar-refractivity contribution in [3.8, 4) is 17.2 Å². The molecular weight excluding hydrogens is 212 g/mol. The molecule has 1 N–H and O–H groups in total. The van der Waals surface area contributed by atoms with E-state index in [1.807, 2.05) is 36.4 Å². The van der Waals surface area contributed by atoms with E-state index < -0.39 is 0 Å². The van der Waals surface area contributed by atoms with E-state index in [1.54, 1.807) is 18.2 Å². The normalized spacial score (nSPS) is 9.88. The molecule has 2 aromatic carbocycles. The topological polar surface area (TPSA) is 29.5 Å². The lowest BCUT2D eigenvalue weighted by Crippen LogP contribution is -1.86. The van der Waals surface area contributed by atoms with E-state index in [2.05, 4.69) is 6.58 Å². The summed E-state index contributed by atoms with van der Waals surface area (Å²) in [5.74, 6) is 1.32. The highest BCUT2D eigenvalue weighted by Gasteiger charge is 2.04. The van der Waals surface area contributed by atoms with Crippen molar-refractivity contribution in [2.45, 2.75) is 6.42 Å². The van der Waals surface area contributed by atoms with Crippen LogP contribution in [-0.2, 0) is 6.42 Å². The maximum absolute atomic E-state index is 9.82. The standard InChI is InChI=1S/C15H14O2/c1-2-6-12-9-10-15(14(16)11-12)17-13-7-4-3-5-8-13/h2-5,7-11,16H,1,6H2. The Bertz CT molecular complexity index is 504. The van der Waals surface area contributed by atoms with E-state index in [0.29, 0.717) is 11.5 Å². The zero-order chi connectivity index (χ0) is 12.1. The third kappa shape index (κ3) is 2.88. The summed E-state index contributed by atoms with van der Waals surface area (Å²) in [6, 6.07) is 14.8. The fraction of sp³-hybridized carbons (Fsp3) is 0.0667. The van der Waals surface area contributed by atoms with Crippen LogP contribution in [-0.4, -0.2) is 5.11 Å². The molecule has 86 valence electrons. The quantitative estimate of drug-likeness (QED) is 0.801. The maximum atomic E-state index is 9.82. The Morgan fingerprint density at radius 3 is 2.53 bits per heavy atom. The molecule has 0 amide bonds. The average Bonchev–Trinajstić information content (AvgIpc) is 2.34. The number of para-hydroxylation sites is 1. The molecule has 0 aliphatic heterocycles.